The fourth-order valence-electron chi connectivity index (χ4n) is 1.18. The maximum atomic E-state index is 7.27. The van der Waals surface area contributed by atoms with Gasteiger partial charge in [-0.1, -0.05) is 12.1 Å². The minimum Gasteiger partial charge on any atom is -0.384 e. The van der Waals surface area contributed by atoms with E-state index >= 15 is 0 Å². The number of rotatable bonds is 5. The van der Waals surface area contributed by atoms with Crippen LogP contribution in [0.25, 0.3) is 0 Å². The second-order valence-electron chi connectivity index (χ2n) is 3.98. The quantitative estimate of drug-likeness (QED) is 0.355. The second kappa shape index (κ2) is 5.98. The molecule has 0 aliphatic rings. The number of nitrogens with zero attached hydrogens (tertiary/aromatic N) is 3. The Morgan fingerprint density at radius 3 is 2.47 bits per heavy atom. The predicted octanol–water partition coefficient (Wildman–Crippen LogP) is 2.70. The van der Waals surface area contributed by atoms with E-state index in [-0.39, 0.29) is 5.84 Å². The van der Waals surface area contributed by atoms with Crippen molar-refractivity contribution in [3.63, 3.8) is 0 Å². The molecule has 0 saturated carbocycles. The largest absolute Gasteiger partial charge is 0.384 e. The van der Waals surface area contributed by atoms with E-state index in [9.17, 15) is 0 Å². The summed E-state index contributed by atoms with van der Waals surface area (Å²) in [5, 5.41) is 17.3. The fourth-order valence-corrected chi connectivity index (χ4v) is 1.18. The molecule has 5 nitrogen and oxygen atoms in total. The molecule has 0 saturated heterocycles. The third-order valence-electron chi connectivity index (χ3n) is 2.71. The van der Waals surface area contributed by atoms with Crippen molar-refractivity contribution in [3.8, 4) is 0 Å². The van der Waals surface area contributed by atoms with E-state index in [1.807, 2.05) is 12.1 Å². The van der Waals surface area contributed by atoms with Crippen LogP contribution in [-0.2, 0) is 0 Å². The van der Waals surface area contributed by atoms with Crippen molar-refractivity contribution in [2.24, 2.45) is 16.1 Å². The Balaban J connectivity index is 2.69. The number of hydrogen-bond donors (Lipinski definition) is 2. The Kier molecular flexibility index (Phi) is 4.63. The lowest BCUT2D eigenvalue weighted by Gasteiger charge is -2.18. The number of hydrogen-bond acceptors (Lipinski definition) is 3. The number of benzene rings is 1. The predicted molar refractivity (Wildman–Crippen MR) is 69.5 cm³/mol. The van der Waals surface area contributed by atoms with Crippen LogP contribution in [0.5, 0.6) is 0 Å². The highest BCUT2D eigenvalue weighted by Gasteiger charge is 2.03. The Morgan fingerprint density at radius 2 is 2.00 bits per heavy atom. The summed E-state index contributed by atoms with van der Waals surface area (Å²) >= 11 is 0. The first-order valence-corrected chi connectivity index (χ1v) is 5.63. The molecule has 0 bridgehead atoms. The highest BCUT2D eigenvalue weighted by Crippen LogP contribution is 2.14. The molecule has 1 unspecified atom stereocenters. The van der Waals surface area contributed by atoms with Gasteiger partial charge in [-0.15, -0.1) is 5.11 Å². The summed E-state index contributed by atoms with van der Waals surface area (Å²) in [7, 11) is 1.90. The van der Waals surface area contributed by atoms with E-state index in [2.05, 4.69) is 24.2 Å². The Bertz CT molecular complexity index is 396. The molecule has 0 amide bonds. The molecular formula is C12H19N5. The maximum Gasteiger partial charge on any atom is 0.122 e. The van der Waals surface area contributed by atoms with Gasteiger partial charge in [0.25, 0.3) is 0 Å². The fraction of sp³-hybridized carbons (Fsp3) is 0.417. The van der Waals surface area contributed by atoms with E-state index in [1.165, 1.54) is 0 Å². The summed E-state index contributed by atoms with van der Waals surface area (Å²) in [6.45, 7) is 4.20. The van der Waals surface area contributed by atoms with Crippen LogP contribution in [0.4, 0.5) is 5.69 Å². The molecule has 0 fully saturated rings. The lowest BCUT2D eigenvalue weighted by molar-refractivity contribution is 0.248. The van der Waals surface area contributed by atoms with Crippen LogP contribution in [0.15, 0.2) is 34.6 Å². The number of nitrogens with two attached hydrogens (primary N) is 1. The summed E-state index contributed by atoms with van der Waals surface area (Å²) in [6, 6.07) is 7.49. The van der Waals surface area contributed by atoms with Gasteiger partial charge in [0.2, 0.25) is 0 Å². The van der Waals surface area contributed by atoms with Crippen LogP contribution in [0.1, 0.15) is 25.8 Å². The number of amidine groups is 1. The lowest BCUT2D eigenvalue weighted by Crippen LogP contribution is -2.22. The summed E-state index contributed by atoms with van der Waals surface area (Å²) < 4.78 is 0. The summed E-state index contributed by atoms with van der Waals surface area (Å²) in [5.74, 6) is 0.0604. The molecular weight excluding hydrogens is 214 g/mol. The normalized spacial score (nSPS) is 12.6. The van der Waals surface area contributed by atoms with Crippen molar-refractivity contribution in [2.75, 3.05) is 7.05 Å². The first-order valence-electron chi connectivity index (χ1n) is 5.63. The maximum absolute atomic E-state index is 7.27. The van der Waals surface area contributed by atoms with Crippen LogP contribution in [-0.4, -0.2) is 23.9 Å². The molecule has 0 heterocycles. The molecule has 0 aliphatic heterocycles. The van der Waals surface area contributed by atoms with Crippen molar-refractivity contribution < 1.29 is 0 Å². The molecule has 1 aromatic rings. The van der Waals surface area contributed by atoms with Crippen LogP contribution in [0.3, 0.4) is 0 Å². The molecule has 3 N–H and O–H groups in total. The average Bonchev–Trinajstić information content (AvgIpc) is 2.35. The smallest absolute Gasteiger partial charge is 0.122 e. The molecule has 0 radical (unpaired) electrons. The summed E-state index contributed by atoms with van der Waals surface area (Å²) in [4.78, 5) is 0. The Labute approximate surface area is 102 Å². The highest BCUT2D eigenvalue weighted by molar-refractivity contribution is 5.95. The van der Waals surface area contributed by atoms with Crippen molar-refractivity contribution >= 4 is 11.5 Å². The molecule has 1 rings (SSSR count). The van der Waals surface area contributed by atoms with Crippen molar-refractivity contribution in [1.82, 2.24) is 5.01 Å². The van der Waals surface area contributed by atoms with E-state index in [0.29, 0.717) is 11.6 Å². The van der Waals surface area contributed by atoms with Gasteiger partial charge in [0.1, 0.15) is 5.84 Å². The van der Waals surface area contributed by atoms with Gasteiger partial charge in [0.15, 0.2) is 0 Å². The molecule has 5 heteroatoms. The molecule has 92 valence electrons. The monoisotopic (exact) mass is 233 g/mol. The van der Waals surface area contributed by atoms with Gasteiger partial charge in [-0.2, -0.15) is 0 Å². The zero-order valence-electron chi connectivity index (χ0n) is 10.5. The van der Waals surface area contributed by atoms with Gasteiger partial charge in [0, 0.05) is 18.7 Å². The minimum atomic E-state index is 0.0604. The SMILES string of the molecule is CCC(C)N(C)N=Nc1ccc(C(=N)N)cc1. The van der Waals surface area contributed by atoms with E-state index in [1.54, 1.807) is 24.3 Å². The molecule has 17 heavy (non-hydrogen) atoms. The molecule has 0 aromatic heterocycles. The van der Waals surface area contributed by atoms with Gasteiger partial charge in [-0.3, -0.25) is 10.4 Å². The Hall–Kier alpha value is -1.91. The first-order chi connectivity index (χ1) is 8.04. The third kappa shape index (κ3) is 3.86. The van der Waals surface area contributed by atoms with Gasteiger partial charge in [-0.25, -0.2) is 0 Å². The van der Waals surface area contributed by atoms with Crippen molar-refractivity contribution in [1.29, 1.82) is 5.41 Å². The van der Waals surface area contributed by atoms with E-state index in [4.69, 9.17) is 11.1 Å². The average molecular weight is 233 g/mol. The number of nitrogens with one attached hydrogen (secondary N) is 1. The molecule has 1 aromatic carbocycles. The second-order valence-corrected chi connectivity index (χ2v) is 3.98. The molecule has 0 aliphatic carbocycles. The number of nitrogen functional groups attached to an aromatic ring is 1. The van der Waals surface area contributed by atoms with Gasteiger partial charge in [0.05, 0.1) is 5.69 Å². The third-order valence-corrected chi connectivity index (χ3v) is 2.71. The van der Waals surface area contributed by atoms with Crippen LogP contribution < -0.4 is 5.73 Å². The molecule has 1 atom stereocenters. The topological polar surface area (TPSA) is 77.8 Å². The highest BCUT2D eigenvalue weighted by atomic mass is 15.5. The van der Waals surface area contributed by atoms with Crippen LogP contribution in [0, 0.1) is 5.41 Å². The van der Waals surface area contributed by atoms with Gasteiger partial charge in [-0.05, 0) is 37.6 Å². The van der Waals surface area contributed by atoms with Gasteiger partial charge >= 0.3 is 0 Å². The van der Waals surface area contributed by atoms with Crippen molar-refractivity contribution in [2.45, 2.75) is 26.3 Å². The minimum absolute atomic E-state index is 0.0604. The van der Waals surface area contributed by atoms with Gasteiger partial charge < -0.3 is 5.73 Å². The standard InChI is InChI=1S/C12H19N5/c1-4-9(2)17(3)16-15-11-7-5-10(6-8-11)12(13)14/h5-9H,4H2,1-3H3,(H3,13,14). The molecule has 0 spiro atoms. The van der Waals surface area contributed by atoms with Crippen LogP contribution >= 0.6 is 0 Å². The zero-order valence-corrected chi connectivity index (χ0v) is 10.5. The van der Waals surface area contributed by atoms with Crippen LogP contribution in [0.2, 0.25) is 0 Å². The Morgan fingerprint density at radius 1 is 1.41 bits per heavy atom. The summed E-state index contributed by atoms with van der Waals surface area (Å²) in [5.41, 5.74) is 6.81. The van der Waals surface area contributed by atoms with E-state index in [0.717, 1.165) is 12.1 Å². The lowest BCUT2D eigenvalue weighted by atomic mass is 10.2. The van der Waals surface area contributed by atoms with E-state index < -0.39 is 0 Å². The van der Waals surface area contributed by atoms with Crippen molar-refractivity contribution in [3.05, 3.63) is 29.8 Å². The first kappa shape index (κ1) is 13.2. The summed E-state index contributed by atoms with van der Waals surface area (Å²) in [6.07, 6.45) is 1.03. The zero-order chi connectivity index (χ0) is 12.8.